The van der Waals surface area contributed by atoms with Gasteiger partial charge in [0.25, 0.3) is 0 Å². The van der Waals surface area contributed by atoms with Crippen LogP contribution in [0.4, 0.5) is 0 Å². The van der Waals surface area contributed by atoms with Crippen LogP contribution in [-0.2, 0) is 13.2 Å². The van der Waals surface area contributed by atoms with E-state index in [0.717, 1.165) is 44.8 Å². The Labute approximate surface area is 185 Å². The van der Waals surface area contributed by atoms with Gasteiger partial charge in [-0.2, -0.15) is 0 Å². The molecular formula is C25H21N5O2. The highest BCUT2D eigenvalue weighted by atomic mass is 16.5. The van der Waals surface area contributed by atoms with Crippen LogP contribution < -0.4 is 9.47 Å². The van der Waals surface area contributed by atoms with Gasteiger partial charge < -0.3 is 9.47 Å². The van der Waals surface area contributed by atoms with Gasteiger partial charge in [-0.1, -0.05) is 48.5 Å². The van der Waals surface area contributed by atoms with E-state index in [1.165, 1.54) is 0 Å². The first kappa shape index (κ1) is 19.7. The predicted octanol–water partition coefficient (Wildman–Crippen LogP) is 4.88. The number of fused-ring (bicyclic) bond motifs is 1. The van der Waals surface area contributed by atoms with Crippen LogP contribution in [0.5, 0.6) is 11.5 Å². The van der Waals surface area contributed by atoms with Gasteiger partial charge in [0.2, 0.25) is 0 Å². The Bertz CT molecular complexity index is 1330. The molecule has 158 valence electrons. The maximum atomic E-state index is 6.01. The van der Waals surface area contributed by atoms with E-state index in [4.69, 9.17) is 9.47 Å². The third kappa shape index (κ3) is 4.57. The molecule has 0 aliphatic heterocycles. The molecule has 5 rings (SSSR count). The topological polar surface area (TPSA) is 85.8 Å². The van der Waals surface area contributed by atoms with E-state index in [-0.39, 0.29) is 0 Å². The zero-order valence-electron chi connectivity index (χ0n) is 17.5. The molecule has 0 fully saturated rings. The van der Waals surface area contributed by atoms with Crippen molar-refractivity contribution in [2.75, 3.05) is 0 Å². The molecule has 0 unspecified atom stereocenters. The normalized spacial score (nSPS) is 10.9. The fraction of sp³-hybridized carbons (Fsp3) is 0.120. The monoisotopic (exact) mass is 423 g/mol. The van der Waals surface area contributed by atoms with E-state index < -0.39 is 0 Å². The quantitative estimate of drug-likeness (QED) is 0.401. The van der Waals surface area contributed by atoms with Gasteiger partial charge in [0.1, 0.15) is 24.7 Å². The number of nitrogens with zero attached hydrogens (tertiary/aromatic N) is 4. The number of hydrogen-bond acceptors (Lipinski definition) is 6. The zero-order valence-corrected chi connectivity index (χ0v) is 17.5. The lowest BCUT2D eigenvalue weighted by atomic mass is 10.1. The number of pyridine rings is 1. The number of benzene rings is 3. The van der Waals surface area contributed by atoms with Gasteiger partial charge in [-0.25, -0.2) is 10.1 Å². The Morgan fingerprint density at radius 3 is 2.38 bits per heavy atom. The van der Waals surface area contributed by atoms with Gasteiger partial charge in [0.05, 0.1) is 11.2 Å². The van der Waals surface area contributed by atoms with Crippen molar-refractivity contribution in [3.63, 3.8) is 0 Å². The molecule has 0 aliphatic rings. The van der Waals surface area contributed by atoms with Crippen LogP contribution in [-0.4, -0.2) is 25.6 Å². The van der Waals surface area contributed by atoms with Crippen LogP contribution in [0.15, 0.2) is 78.9 Å². The Morgan fingerprint density at radius 2 is 1.59 bits per heavy atom. The average molecular weight is 423 g/mol. The van der Waals surface area contributed by atoms with Crippen molar-refractivity contribution in [3.8, 4) is 22.9 Å². The molecule has 0 spiro atoms. The number of ether oxygens (including phenoxy) is 2. The molecule has 2 heterocycles. The van der Waals surface area contributed by atoms with E-state index in [1.54, 1.807) is 0 Å². The van der Waals surface area contributed by atoms with Gasteiger partial charge in [-0.3, -0.25) is 0 Å². The van der Waals surface area contributed by atoms with Crippen LogP contribution in [0.1, 0.15) is 16.8 Å². The first-order valence-electron chi connectivity index (χ1n) is 10.3. The summed E-state index contributed by atoms with van der Waals surface area (Å²) in [5.74, 6) is 2.15. The first-order chi connectivity index (χ1) is 15.7. The second-order valence-electron chi connectivity index (χ2n) is 7.50. The minimum absolute atomic E-state index is 0.395. The van der Waals surface area contributed by atoms with E-state index in [9.17, 15) is 0 Å². The highest BCUT2D eigenvalue weighted by Crippen LogP contribution is 2.25. The molecule has 0 saturated carbocycles. The lowest BCUT2D eigenvalue weighted by Crippen LogP contribution is -2.00. The zero-order chi connectivity index (χ0) is 21.8. The molecule has 7 heteroatoms. The fourth-order valence-corrected chi connectivity index (χ4v) is 3.43. The Hall–Kier alpha value is -4.26. The van der Waals surface area contributed by atoms with Crippen molar-refractivity contribution >= 4 is 10.9 Å². The second-order valence-corrected chi connectivity index (χ2v) is 7.50. The molecule has 3 aromatic carbocycles. The van der Waals surface area contributed by atoms with Gasteiger partial charge in [0, 0.05) is 17.0 Å². The van der Waals surface area contributed by atoms with Gasteiger partial charge in [-0.05, 0) is 52.7 Å². The minimum atomic E-state index is 0.395. The Morgan fingerprint density at radius 1 is 0.812 bits per heavy atom. The molecule has 2 aromatic heterocycles. The molecule has 0 bridgehead atoms. The number of aromatic nitrogens is 5. The van der Waals surface area contributed by atoms with E-state index in [2.05, 4.69) is 37.7 Å². The summed E-state index contributed by atoms with van der Waals surface area (Å²) in [7, 11) is 0. The predicted molar refractivity (Wildman–Crippen MR) is 121 cm³/mol. The highest BCUT2D eigenvalue weighted by molar-refractivity contribution is 5.78. The Kier molecular flexibility index (Phi) is 5.45. The summed E-state index contributed by atoms with van der Waals surface area (Å²) in [5.41, 5.74) is 4.89. The molecule has 7 nitrogen and oxygen atoms in total. The number of H-pyrrole nitrogens is 1. The average Bonchev–Trinajstić information content (AvgIpc) is 3.36. The van der Waals surface area contributed by atoms with Crippen molar-refractivity contribution in [3.05, 3.63) is 95.7 Å². The largest absolute Gasteiger partial charge is 0.489 e. The number of nitrogens with one attached hydrogen (secondary N) is 1. The molecule has 0 saturated heterocycles. The molecule has 0 aliphatic carbocycles. The SMILES string of the molecule is Cc1cc(OCc2ccc(-c3nnn[nH]3)cc2)cc(OCc2ccc3ccccc3n2)c1. The van der Waals surface area contributed by atoms with E-state index in [0.29, 0.717) is 19.0 Å². The third-order valence-corrected chi connectivity index (χ3v) is 5.05. The van der Waals surface area contributed by atoms with Crippen molar-refractivity contribution in [2.45, 2.75) is 20.1 Å². The molecule has 0 atom stereocenters. The number of para-hydroxylation sites is 1. The number of rotatable bonds is 7. The smallest absolute Gasteiger partial charge is 0.179 e. The van der Waals surface area contributed by atoms with Crippen molar-refractivity contribution in [1.82, 2.24) is 25.6 Å². The van der Waals surface area contributed by atoms with Crippen LogP contribution >= 0.6 is 0 Å². The Balaban J connectivity index is 1.23. The van der Waals surface area contributed by atoms with Crippen LogP contribution in [0.25, 0.3) is 22.3 Å². The number of hydrogen-bond donors (Lipinski definition) is 1. The maximum absolute atomic E-state index is 6.01. The standard InChI is InChI=1S/C25H21N5O2/c1-17-12-22(31-15-18-6-8-20(9-7-18)25-27-29-30-28-25)14-23(13-17)32-16-21-11-10-19-4-2-3-5-24(19)26-21/h2-14H,15-16H2,1H3,(H,27,28,29,30). The summed E-state index contributed by atoms with van der Waals surface area (Å²) in [6.45, 7) is 2.87. The fourth-order valence-electron chi connectivity index (χ4n) is 3.43. The van der Waals surface area contributed by atoms with Crippen LogP contribution in [0.3, 0.4) is 0 Å². The molecule has 0 radical (unpaired) electrons. The summed E-state index contributed by atoms with van der Waals surface area (Å²) >= 11 is 0. The van der Waals surface area contributed by atoms with Gasteiger partial charge >= 0.3 is 0 Å². The van der Waals surface area contributed by atoms with Gasteiger partial charge in [0.15, 0.2) is 5.82 Å². The summed E-state index contributed by atoms with van der Waals surface area (Å²) in [4.78, 5) is 4.67. The van der Waals surface area contributed by atoms with Crippen molar-refractivity contribution in [2.24, 2.45) is 0 Å². The molecule has 1 N–H and O–H groups in total. The molecule has 32 heavy (non-hydrogen) atoms. The van der Waals surface area contributed by atoms with Crippen LogP contribution in [0.2, 0.25) is 0 Å². The number of aryl methyl sites for hydroxylation is 1. The van der Waals surface area contributed by atoms with E-state index >= 15 is 0 Å². The molecule has 5 aromatic rings. The number of aromatic amines is 1. The van der Waals surface area contributed by atoms with Gasteiger partial charge in [-0.15, -0.1) is 5.10 Å². The summed E-state index contributed by atoms with van der Waals surface area (Å²) in [5, 5.41) is 15.0. The number of tetrazole rings is 1. The first-order valence-corrected chi connectivity index (χ1v) is 10.3. The maximum Gasteiger partial charge on any atom is 0.179 e. The lowest BCUT2D eigenvalue weighted by molar-refractivity contribution is 0.287. The summed E-state index contributed by atoms with van der Waals surface area (Å²) in [6.07, 6.45) is 0. The van der Waals surface area contributed by atoms with E-state index in [1.807, 2.05) is 73.7 Å². The lowest BCUT2D eigenvalue weighted by Gasteiger charge is -2.11. The van der Waals surface area contributed by atoms with Crippen LogP contribution in [0, 0.1) is 6.92 Å². The molecular weight excluding hydrogens is 402 g/mol. The summed E-state index contributed by atoms with van der Waals surface area (Å²) < 4.78 is 12.0. The van der Waals surface area contributed by atoms with Crippen molar-refractivity contribution in [1.29, 1.82) is 0 Å². The third-order valence-electron chi connectivity index (χ3n) is 5.05. The second kappa shape index (κ2) is 8.85. The molecule has 0 amide bonds. The minimum Gasteiger partial charge on any atom is -0.489 e. The summed E-state index contributed by atoms with van der Waals surface area (Å²) in [6, 6.07) is 25.9. The highest BCUT2D eigenvalue weighted by Gasteiger charge is 2.05. The van der Waals surface area contributed by atoms with Crippen molar-refractivity contribution < 1.29 is 9.47 Å².